The third-order valence-corrected chi connectivity index (χ3v) is 3.57. The van der Waals surface area contributed by atoms with Gasteiger partial charge in [0.25, 0.3) is 5.69 Å². The van der Waals surface area contributed by atoms with Gasteiger partial charge in [0.1, 0.15) is 12.2 Å². The van der Waals surface area contributed by atoms with E-state index in [1.807, 2.05) is 18.4 Å². The summed E-state index contributed by atoms with van der Waals surface area (Å²) in [6, 6.07) is 6.42. The first-order chi connectivity index (χ1) is 12.1. The number of aryl methyl sites for hydroxylation is 1. The molecular weight excluding hydrogens is 449 g/mol. The Balaban J connectivity index is 0.00000338. The molecule has 142 valence electrons. The molecule has 0 saturated carbocycles. The molecule has 0 amide bonds. The zero-order chi connectivity index (χ0) is 18.1. The molecule has 9 nitrogen and oxygen atoms in total. The van der Waals surface area contributed by atoms with Crippen molar-refractivity contribution in [1.82, 2.24) is 25.4 Å². The Bertz CT molecular complexity index is 716. The van der Waals surface area contributed by atoms with Crippen LogP contribution in [0.1, 0.15) is 25.2 Å². The third kappa shape index (κ3) is 6.58. The Labute approximate surface area is 169 Å². The van der Waals surface area contributed by atoms with Crippen LogP contribution >= 0.6 is 24.0 Å². The Hall–Kier alpha value is -2.24. The summed E-state index contributed by atoms with van der Waals surface area (Å²) in [4.78, 5) is 14.8. The highest BCUT2D eigenvalue weighted by Gasteiger charge is 2.05. The first kappa shape index (κ1) is 21.8. The number of nitro benzene ring substituents is 1. The molecule has 0 aliphatic carbocycles. The summed E-state index contributed by atoms with van der Waals surface area (Å²) in [7, 11) is 0. The summed E-state index contributed by atoms with van der Waals surface area (Å²) in [5, 5.41) is 25.1. The molecule has 2 aromatic rings. The highest BCUT2D eigenvalue weighted by atomic mass is 127. The van der Waals surface area contributed by atoms with Crippen molar-refractivity contribution in [3.8, 4) is 0 Å². The van der Waals surface area contributed by atoms with Crippen LogP contribution in [0.15, 0.2) is 35.6 Å². The Morgan fingerprint density at radius 2 is 2.00 bits per heavy atom. The number of hydrogen-bond donors (Lipinski definition) is 2. The van der Waals surface area contributed by atoms with Crippen LogP contribution in [0.4, 0.5) is 5.69 Å². The van der Waals surface area contributed by atoms with Crippen LogP contribution in [0, 0.1) is 10.1 Å². The number of aliphatic imine (C=N–C) groups is 1. The summed E-state index contributed by atoms with van der Waals surface area (Å²) >= 11 is 0. The van der Waals surface area contributed by atoms with E-state index in [1.54, 1.807) is 18.5 Å². The van der Waals surface area contributed by atoms with E-state index in [2.05, 4.69) is 25.8 Å². The average molecular weight is 473 g/mol. The van der Waals surface area contributed by atoms with E-state index in [0.29, 0.717) is 19.0 Å². The van der Waals surface area contributed by atoms with Crippen LogP contribution in [-0.2, 0) is 19.5 Å². The van der Waals surface area contributed by atoms with E-state index in [1.165, 1.54) is 12.1 Å². The van der Waals surface area contributed by atoms with Gasteiger partial charge in [-0.3, -0.25) is 10.1 Å². The minimum absolute atomic E-state index is 0. The lowest BCUT2D eigenvalue weighted by molar-refractivity contribution is -0.384. The topological polar surface area (TPSA) is 110 Å². The van der Waals surface area contributed by atoms with Gasteiger partial charge in [0.15, 0.2) is 5.96 Å². The predicted molar refractivity (Wildman–Crippen MR) is 111 cm³/mol. The second kappa shape index (κ2) is 11.4. The van der Waals surface area contributed by atoms with E-state index in [9.17, 15) is 10.1 Å². The van der Waals surface area contributed by atoms with Gasteiger partial charge in [0.05, 0.1) is 11.5 Å². The van der Waals surface area contributed by atoms with Crippen LogP contribution in [0.5, 0.6) is 0 Å². The number of nitro groups is 1. The van der Waals surface area contributed by atoms with Crippen molar-refractivity contribution in [2.24, 2.45) is 4.99 Å². The maximum atomic E-state index is 10.7. The van der Waals surface area contributed by atoms with Crippen molar-refractivity contribution in [2.75, 3.05) is 13.1 Å². The summed E-state index contributed by atoms with van der Waals surface area (Å²) in [6.07, 6.45) is 2.57. The average Bonchev–Trinajstić information content (AvgIpc) is 3.07. The molecule has 0 spiro atoms. The summed E-state index contributed by atoms with van der Waals surface area (Å²) in [5.41, 5.74) is 0.994. The van der Waals surface area contributed by atoms with Gasteiger partial charge in [-0.15, -0.1) is 34.2 Å². The number of aromatic nitrogens is 3. The summed E-state index contributed by atoms with van der Waals surface area (Å²) < 4.78 is 2.01. The highest BCUT2D eigenvalue weighted by molar-refractivity contribution is 14.0. The molecule has 1 aromatic carbocycles. The maximum absolute atomic E-state index is 10.7. The molecule has 0 atom stereocenters. The highest BCUT2D eigenvalue weighted by Crippen LogP contribution is 2.12. The van der Waals surface area contributed by atoms with Gasteiger partial charge in [0.2, 0.25) is 0 Å². The number of benzene rings is 1. The van der Waals surface area contributed by atoms with Crippen LogP contribution < -0.4 is 10.6 Å². The molecule has 0 unspecified atom stereocenters. The molecule has 1 aromatic heterocycles. The second-order valence-electron chi connectivity index (χ2n) is 5.34. The molecular formula is C16H24IN7O2. The van der Waals surface area contributed by atoms with Gasteiger partial charge in [0, 0.05) is 38.2 Å². The SMILES string of the molecule is CCNC(=NCc1ccc([N+](=O)[O-])cc1)NCCn1cnnc1CC.I. The summed E-state index contributed by atoms with van der Waals surface area (Å²) in [5.74, 6) is 1.65. The van der Waals surface area contributed by atoms with E-state index < -0.39 is 4.92 Å². The largest absolute Gasteiger partial charge is 0.357 e. The molecule has 0 aliphatic rings. The van der Waals surface area contributed by atoms with Gasteiger partial charge < -0.3 is 15.2 Å². The molecule has 0 radical (unpaired) electrons. The van der Waals surface area contributed by atoms with Gasteiger partial charge in [-0.05, 0) is 12.5 Å². The molecule has 0 saturated heterocycles. The van der Waals surface area contributed by atoms with Crippen molar-refractivity contribution in [3.05, 3.63) is 52.1 Å². The fraction of sp³-hybridized carbons (Fsp3) is 0.438. The monoisotopic (exact) mass is 473 g/mol. The molecule has 0 fully saturated rings. The van der Waals surface area contributed by atoms with Gasteiger partial charge in [-0.1, -0.05) is 19.1 Å². The van der Waals surface area contributed by atoms with Crippen LogP contribution in [0.25, 0.3) is 0 Å². The number of nitrogens with one attached hydrogen (secondary N) is 2. The Morgan fingerprint density at radius 1 is 1.27 bits per heavy atom. The predicted octanol–water partition coefficient (Wildman–Crippen LogP) is 2.12. The minimum atomic E-state index is -0.409. The first-order valence-electron chi connectivity index (χ1n) is 8.26. The smallest absolute Gasteiger partial charge is 0.269 e. The number of halogens is 1. The number of hydrogen-bond acceptors (Lipinski definition) is 5. The molecule has 26 heavy (non-hydrogen) atoms. The minimum Gasteiger partial charge on any atom is -0.357 e. The molecule has 10 heteroatoms. The first-order valence-corrected chi connectivity index (χ1v) is 8.26. The van der Waals surface area contributed by atoms with Crippen LogP contribution in [-0.4, -0.2) is 38.7 Å². The molecule has 0 bridgehead atoms. The van der Waals surface area contributed by atoms with Gasteiger partial charge in [-0.25, -0.2) is 4.99 Å². The number of guanidine groups is 1. The van der Waals surface area contributed by atoms with Crippen molar-refractivity contribution < 1.29 is 4.92 Å². The molecule has 1 heterocycles. The molecule has 2 rings (SSSR count). The normalized spacial score (nSPS) is 10.9. The number of nitrogens with zero attached hydrogens (tertiary/aromatic N) is 5. The maximum Gasteiger partial charge on any atom is 0.269 e. The van der Waals surface area contributed by atoms with Crippen molar-refractivity contribution in [2.45, 2.75) is 33.4 Å². The summed E-state index contributed by atoms with van der Waals surface area (Å²) in [6.45, 7) is 6.68. The Kier molecular flexibility index (Phi) is 9.55. The lowest BCUT2D eigenvalue weighted by atomic mass is 10.2. The van der Waals surface area contributed by atoms with Crippen molar-refractivity contribution in [1.29, 1.82) is 0 Å². The fourth-order valence-corrected chi connectivity index (χ4v) is 2.27. The van der Waals surface area contributed by atoms with E-state index in [0.717, 1.165) is 30.9 Å². The number of rotatable bonds is 8. The lowest BCUT2D eigenvalue weighted by Gasteiger charge is -2.12. The van der Waals surface area contributed by atoms with Crippen molar-refractivity contribution in [3.63, 3.8) is 0 Å². The van der Waals surface area contributed by atoms with Crippen molar-refractivity contribution >= 4 is 35.6 Å². The molecule has 2 N–H and O–H groups in total. The van der Waals surface area contributed by atoms with E-state index in [-0.39, 0.29) is 29.7 Å². The zero-order valence-electron chi connectivity index (χ0n) is 14.9. The molecule has 0 aliphatic heterocycles. The third-order valence-electron chi connectivity index (χ3n) is 3.57. The zero-order valence-corrected chi connectivity index (χ0v) is 17.2. The van der Waals surface area contributed by atoms with E-state index >= 15 is 0 Å². The van der Waals surface area contributed by atoms with Gasteiger partial charge in [-0.2, -0.15) is 0 Å². The quantitative estimate of drug-likeness (QED) is 0.200. The Morgan fingerprint density at radius 3 is 2.62 bits per heavy atom. The lowest BCUT2D eigenvalue weighted by Crippen LogP contribution is -2.38. The fourth-order valence-electron chi connectivity index (χ4n) is 2.27. The standard InChI is InChI=1S/C16H23N7O2.HI/c1-3-15-21-20-12-22(15)10-9-18-16(17-4-2)19-11-13-5-7-14(8-6-13)23(24)25;/h5-8,12H,3-4,9-11H2,1-2H3,(H2,17,18,19);1H. The van der Waals surface area contributed by atoms with Gasteiger partial charge >= 0.3 is 0 Å². The number of non-ortho nitro benzene ring substituents is 1. The second-order valence-corrected chi connectivity index (χ2v) is 5.34. The van der Waals surface area contributed by atoms with Crippen LogP contribution in [0.3, 0.4) is 0 Å². The van der Waals surface area contributed by atoms with E-state index in [4.69, 9.17) is 0 Å². The van der Waals surface area contributed by atoms with Crippen LogP contribution in [0.2, 0.25) is 0 Å².